The third-order valence-corrected chi connectivity index (χ3v) is 2.75. The second-order valence-corrected chi connectivity index (χ2v) is 4.56. The van der Waals surface area contributed by atoms with E-state index >= 15 is 0 Å². The molecule has 0 bridgehead atoms. The number of hydrogen-bond acceptors (Lipinski definition) is 5. The lowest BCUT2D eigenvalue weighted by molar-refractivity contribution is 0.0659. The average molecular weight is 278 g/mol. The first-order valence-corrected chi connectivity index (χ1v) is 5.98. The van der Waals surface area contributed by atoms with Crippen LogP contribution in [0.2, 0.25) is 0 Å². The Bertz CT molecular complexity index is 603. The summed E-state index contributed by atoms with van der Waals surface area (Å²) in [6.07, 6.45) is 1.52. The Morgan fingerprint density at radius 2 is 2.05 bits per heavy atom. The molecule has 2 rings (SSSR count). The van der Waals surface area contributed by atoms with Gasteiger partial charge in [0.2, 0.25) is 5.76 Å². The van der Waals surface area contributed by atoms with Crippen LogP contribution < -0.4 is 5.32 Å². The summed E-state index contributed by atoms with van der Waals surface area (Å²) in [4.78, 5) is 22.7. The van der Waals surface area contributed by atoms with Gasteiger partial charge in [-0.2, -0.15) is 15.4 Å². The highest BCUT2D eigenvalue weighted by Gasteiger charge is 2.23. The summed E-state index contributed by atoms with van der Waals surface area (Å²) in [6, 6.07) is 2.20. The van der Waals surface area contributed by atoms with Crippen molar-refractivity contribution in [1.82, 2.24) is 20.7 Å². The van der Waals surface area contributed by atoms with Crippen molar-refractivity contribution in [3.8, 4) is 0 Å². The summed E-state index contributed by atoms with van der Waals surface area (Å²) in [7, 11) is 0. The Balaban J connectivity index is 2.14. The first kappa shape index (κ1) is 13.8. The van der Waals surface area contributed by atoms with Crippen molar-refractivity contribution < 1.29 is 19.1 Å². The highest BCUT2D eigenvalue weighted by Crippen LogP contribution is 2.19. The van der Waals surface area contributed by atoms with Crippen LogP contribution >= 0.6 is 0 Å². The van der Waals surface area contributed by atoms with Crippen LogP contribution in [0.3, 0.4) is 0 Å². The smallest absolute Gasteiger partial charge is 0.371 e. The molecule has 0 unspecified atom stereocenters. The maximum Gasteiger partial charge on any atom is 0.371 e. The van der Waals surface area contributed by atoms with Gasteiger partial charge in [0.25, 0.3) is 5.91 Å². The summed E-state index contributed by atoms with van der Waals surface area (Å²) < 4.78 is 4.95. The van der Waals surface area contributed by atoms with Gasteiger partial charge >= 0.3 is 5.97 Å². The van der Waals surface area contributed by atoms with Gasteiger partial charge in [-0.3, -0.25) is 4.79 Å². The lowest BCUT2D eigenvalue weighted by Crippen LogP contribution is -2.31. The lowest BCUT2D eigenvalue weighted by Gasteiger charge is -2.19. The number of rotatable bonds is 5. The summed E-state index contributed by atoms with van der Waals surface area (Å²) in [5, 5.41) is 21.6. The van der Waals surface area contributed by atoms with E-state index in [1.807, 2.05) is 13.8 Å². The van der Waals surface area contributed by atoms with Gasteiger partial charge in [-0.05, 0) is 18.1 Å². The summed E-state index contributed by atoms with van der Waals surface area (Å²) in [5.41, 5.74) is 0.596. The Labute approximate surface area is 114 Å². The van der Waals surface area contributed by atoms with Gasteiger partial charge < -0.3 is 14.8 Å². The zero-order chi connectivity index (χ0) is 14.7. The normalized spacial score (nSPS) is 12.3. The number of aromatic nitrogens is 3. The fourth-order valence-electron chi connectivity index (χ4n) is 1.73. The zero-order valence-corrected chi connectivity index (χ0v) is 11.0. The minimum Gasteiger partial charge on any atom is -0.475 e. The third-order valence-electron chi connectivity index (χ3n) is 2.75. The molecule has 2 aromatic heterocycles. The Morgan fingerprint density at radius 3 is 2.55 bits per heavy atom. The number of carboxylic acids is 1. The summed E-state index contributed by atoms with van der Waals surface area (Å²) in [5.74, 6) is -1.98. The van der Waals surface area contributed by atoms with E-state index in [2.05, 4.69) is 20.7 Å². The number of nitrogens with zero attached hydrogens (tertiary/aromatic N) is 2. The number of furan rings is 1. The molecule has 0 spiro atoms. The summed E-state index contributed by atoms with van der Waals surface area (Å²) in [6.45, 7) is 3.84. The Hall–Kier alpha value is -2.64. The first-order chi connectivity index (χ1) is 9.49. The SMILES string of the molecule is CC(C)[C@@H](NC(=O)c1ccc(C(=O)O)o1)c1cn[nH]n1. The molecule has 1 amide bonds. The lowest BCUT2D eigenvalue weighted by atomic mass is 10.0. The van der Waals surface area contributed by atoms with E-state index in [9.17, 15) is 9.59 Å². The first-order valence-electron chi connectivity index (χ1n) is 5.98. The van der Waals surface area contributed by atoms with E-state index in [-0.39, 0.29) is 23.5 Å². The number of carbonyl (C=O) groups excluding carboxylic acids is 1. The predicted molar refractivity (Wildman–Crippen MR) is 67.1 cm³/mol. The van der Waals surface area contributed by atoms with Gasteiger partial charge in [0.1, 0.15) is 5.69 Å². The van der Waals surface area contributed by atoms with Crippen LogP contribution in [0.25, 0.3) is 0 Å². The van der Waals surface area contributed by atoms with Crippen LogP contribution in [0, 0.1) is 5.92 Å². The van der Waals surface area contributed by atoms with Gasteiger partial charge in [0.15, 0.2) is 5.76 Å². The third kappa shape index (κ3) is 2.85. The highest BCUT2D eigenvalue weighted by atomic mass is 16.4. The van der Waals surface area contributed by atoms with Crippen LogP contribution in [-0.2, 0) is 0 Å². The minimum absolute atomic E-state index is 0.0588. The largest absolute Gasteiger partial charge is 0.475 e. The van der Waals surface area contributed by atoms with Crippen LogP contribution in [0.4, 0.5) is 0 Å². The number of aromatic carboxylic acids is 1. The van der Waals surface area contributed by atoms with Crippen LogP contribution in [0.5, 0.6) is 0 Å². The minimum atomic E-state index is -1.22. The molecule has 106 valence electrons. The van der Waals surface area contributed by atoms with Crippen molar-refractivity contribution >= 4 is 11.9 Å². The fourth-order valence-corrected chi connectivity index (χ4v) is 1.73. The number of aromatic amines is 1. The van der Waals surface area contributed by atoms with Gasteiger partial charge in [-0.15, -0.1) is 0 Å². The molecule has 0 saturated carbocycles. The zero-order valence-electron chi connectivity index (χ0n) is 11.0. The number of nitrogens with one attached hydrogen (secondary N) is 2. The molecule has 0 saturated heterocycles. The average Bonchev–Trinajstić information content (AvgIpc) is 3.05. The van der Waals surface area contributed by atoms with E-state index in [4.69, 9.17) is 9.52 Å². The van der Waals surface area contributed by atoms with Gasteiger partial charge in [-0.25, -0.2) is 4.79 Å². The van der Waals surface area contributed by atoms with Crippen molar-refractivity contribution in [1.29, 1.82) is 0 Å². The number of carbonyl (C=O) groups is 2. The molecule has 20 heavy (non-hydrogen) atoms. The molecular weight excluding hydrogens is 264 g/mol. The van der Waals surface area contributed by atoms with Gasteiger partial charge in [0, 0.05) is 0 Å². The monoisotopic (exact) mass is 278 g/mol. The van der Waals surface area contributed by atoms with E-state index in [1.165, 1.54) is 18.3 Å². The van der Waals surface area contributed by atoms with Crippen LogP contribution in [0.1, 0.15) is 46.7 Å². The fraction of sp³-hybridized carbons (Fsp3) is 0.333. The molecule has 0 aliphatic carbocycles. The molecule has 0 aliphatic heterocycles. The highest BCUT2D eigenvalue weighted by molar-refractivity contribution is 5.93. The van der Waals surface area contributed by atoms with Gasteiger partial charge in [0.05, 0.1) is 12.2 Å². The molecule has 8 nitrogen and oxygen atoms in total. The molecule has 3 N–H and O–H groups in total. The molecule has 0 aromatic carbocycles. The van der Waals surface area contributed by atoms with Crippen molar-refractivity contribution in [2.45, 2.75) is 19.9 Å². The second-order valence-electron chi connectivity index (χ2n) is 4.56. The van der Waals surface area contributed by atoms with E-state index in [0.29, 0.717) is 5.69 Å². The standard InChI is InChI=1S/C12H14N4O4/c1-6(2)10(7-5-13-16-15-7)14-11(17)8-3-4-9(20-8)12(18)19/h3-6,10H,1-2H3,(H,14,17)(H,18,19)(H,13,15,16)/t10-/m1/s1. The molecule has 0 fully saturated rings. The van der Waals surface area contributed by atoms with E-state index < -0.39 is 11.9 Å². The quantitative estimate of drug-likeness (QED) is 0.756. The number of hydrogen-bond donors (Lipinski definition) is 3. The molecule has 0 aliphatic rings. The number of H-pyrrole nitrogens is 1. The Kier molecular flexibility index (Phi) is 3.83. The van der Waals surface area contributed by atoms with E-state index in [1.54, 1.807) is 0 Å². The molecular formula is C12H14N4O4. The number of amides is 1. The van der Waals surface area contributed by atoms with Crippen molar-refractivity contribution in [3.63, 3.8) is 0 Å². The molecule has 1 atom stereocenters. The maximum atomic E-state index is 12.0. The van der Waals surface area contributed by atoms with Crippen molar-refractivity contribution in [2.24, 2.45) is 5.92 Å². The van der Waals surface area contributed by atoms with Crippen LogP contribution in [0.15, 0.2) is 22.7 Å². The van der Waals surface area contributed by atoms with Crippen molar-refractivity contribution in [2.75, 3.05) is 0 Å². The maximum absolute atomic E-state index is 12.0. The topological polar surface area (TPSA) is 121 Å². The summed E-state index contributed by atoms with van der Waals surface area (Å²) >= 11 is 0. The second kappa shape index (κ2) is 5.55. The molecule has 8 heteroatoms. The molecule has 0 radical (unpaired) electrons. The van der Waals surface area contributed by atoms with Crippen molar-refractivity contribution in [3.05, 3.63) is 35.5 Å². The Morgan fingerprint density at radius 1 is 1.35 bits per heavy atom. The van der Waals surface area contributed by atoms with E-state index in [0.717, 1.165) is 0 Å². The molecule has 2 aromatic rings. The van der Waals surface area contributed by atoms with Crippen LogP contribution in [-0.4, -0.2) is 32.4 Å². The van der Waals surface area contributed by atoms with Gasteiger partial charge in [-0.1, -0.05) is 13.8 Å². The molecule has 2 heterocycles. The predicted octanol–water partition coefficient (Wildman–Crippen LogP) is 1.22. The number of carboxylic acid groups (broad SMARTS) is 1.